The third-order valence-electron chi connectivity index (χ3n) is 7.21. The molecule has 0 aliphatic heterocycles. The van der Waals surface area contributed by atoms with Crippen LogP contribution in [0.2, 0.25) is 0 Å². The van der Waals surface area contributed by atoms with Crippen molar-refractivity contribution in [1.29, 1.82) is 0 Å². The van der Waals surface area contributed by atoms with Gasteiger partial charge >= 0.3 is 5.97 Å². The second-order valence-corrected chi connectivity index (χ2v) is 11.7. The molecule has 0 unspecified atom stereocenters. The molecule has 0 spiro atoms. The van der Waals surface area contributed by atoms with Gasteiger partial charge in [-0.05, 0) is 79.8 Å². The molecule has 4 aromatic rings. The van der Waals surface area contributed by atoms with Crippen LogP contribution in [0.25, 0.3) is 11.0 Å². The summed E-state index contributed by atoms with van der Waals surface area (Å²) in [5.41, 5.74) is 3.61. The fraction of sp³-hybridized carbons (Fsp3) is 0.310. The molecule has 1 N–H and O–H groups in total. The second-order valence-electron chi connectivity index (χ2n) is 9.71. The van der Waals surface area contributed by atoms with E-state index in [9.17, 15) is 13.2 Å². The number of rotatable bonds is 10. The van der Waals surface area contributed by atoms with E-state index in [0.717, 1.165) is 41.0 Å². The number of anilines is 1. The van der Waals surface area contributed by atoms with E-state index in [1.54, 1.807) is 6.20 Å². The summed E-state index contributed by atoms with van der Waals surface area (Å²) in [6, 6.07) is 17.3. The lowest BCUT2D eigenvalue weighted by Gasteiger charge is -2.27. The van der Waals surface area contributed by atoms with E-state index in [4.69, 9.17) is 14.8 Å². The lowest BCUT2D eigenvalue weighted by Crippen LogP contribution is -2.26. The number of pyridine rings is 1. The van der Waals surface area contributed by atoms with Crippen LogP contribution in [0.1, 0.15) is 47.8 Å². The smallest absolute Gasteiger partial charge is 0.335 e. The average molecular weight is 534 g/mol. The van der Waals surface area contributed by atoms with E-state index in [1.165, 1.54) is 54.9 Å². The fourth-order valence-corrected chi connectivity index (χ4v) is 5.96. The van der Waals surface area contributed by atoms with Crippen LogP contribution in [0.5, 0.6) is 5.75 Å². The zero-order chi connectivity index (χ0) is 26.9. The Morgan fingerprint density at radius 3 is 2.42 bits per heavy atom. The minimum Gasteiger partial charge on any atom is -0.494 e. The summed E-state index contributed by atoms with van der Waals surface area (Å²) in [6.07, 6.45) is 5.99. The Morgan fingerprint density at radius 2 is 1.82 bits per heavy atom. The molecule has 5 rings (SSSR count). The van der Waals surface area contributed by atoms with Gasteiger partial charge in [0.05, 0.1) is 29.0 Å². The normalized spacial score (nSPS) is 13.8. The Balaban J connectivity index is 1.47. The third-order valence-corrected chi connectivity index (χ3v) is 9.01. The van der Waals surface area contributed by atoms with Crippen molar-refractivity contribution in [2.45, 2.75) is 44.0 Å². The van der Waals surface area contributed by atoms with Gasteiger partial charge in [0.15, 0.2) is 0 Å². The number of sulfonamides is 1. The molecular formula is C29H31N3O5S. The molecule has 1 saturated carbocycles. The van der Waals surface area contributed by atoms with E-state index >= 15 is 0 Å². The maximum absolute atomic E-state index is 13.3. The maximum atomic E-state index is 13.3. The molecule has 2 aromatic heterocycles. The SMILES string of the molecule is CCOc1ccc(Cc2cc3cc(N(C)S(=O)(=O)c4ccc(C(=O)O)cc4)cnc3n2CC2CCC2)cc1. The molecule has 0 bridgehead atoms. The molecule has 2 heterocycles. The number of hydrogen-bond acceptors (Lipinski definition) is 5. The number of carboxylic acid groups (broad SMARTS) is 1. The molecule has 1 aliphatic carbocycles. The summed E-state index contributed by atoms with van der Waals surface area (Å²) in [5, 5.41) is 10.00. The molecule has 198 valence electrons. The molecular weight excluding hydrogens is 502 g/mol. The minimum absolute atomic E-state index is 0.0174. The molecule has 0 radical (unpaired) electrons. The predicted octanol–water partition coefficient (Wildman–Crippen LogP) is 5.35. The lowest BCUT2D eigenvalue weighted by atomic mass is 9.85. The van der Waals surface area contributed by atoms with Gasteiger partial charge in [-0.3, -0.25) is 4.31 Å². The Morgan fingerprint density at radius 1 is 1.11 bits per heavy atom. The number of hydrogen-bond donors (Lipinski definition) is 1. The number of fused-ring (bicyclic) bond motifs is 1. The van der Waals surface area contributed by atoms with E-state index in [-0.39, 0.29) is 10.5 Å². The van der Waals surface area contributed by atoms with Gasteiger partial charge in [-0.15, -0.1) is 0 Å². The van der Waals surface area contributed by atoms with Crippen molar-refractivity contribution in [3.05, 3.63) is 83.7 Å². The van der Waals surface area contributed by atoms with Gasteiger partial charge < -0.3 is 14.4 Å². The van der Waals surface area contributed by atoms with Crippen LogP contribution in [0.15, 0.2) is 71.8 Å². The molecule has 8 nitrogen and oxygen atoms in total. The number of carbonyl (C=O) groups is 1. The summed E-state index contributed by atoms with van der Waals surface area (Å²) in [4.78, 5) is 15.9. The van der Waals surface area contributed by atoms with Crippen LogP contribution in [0.4, 0.5) is 5.69 Å². The summed E-state index contributed by atoms with van der Waals surface area (Å²) in [7, 11) is -2.41. The Bertz CT molecular complexity index is 1560. The van der Waals surface area contributed by atoms with Gasteiger partial charge in [0.1, 0.15) is 11.4 Å². The molecule has 38 heavy (non-hydrogen) atoms. The van der Waals surface area contributed by atoms with E-state index in [2.05, 4.69) is 22.8 Å². The van der Waals surface area contributed by atoms with Crippen molar-refractivity contribution < 1.29 is 23.1 Å². The zero-order valence-electron chi connectivity index (χ0n) is 21.5. The minimum atomic E-state index is -3.90. The second kappa shape index (κ2) is 10.5. The summed E-state index contributed by atoms with van der Waals surface area (Å²) in [5.74, 6) is 0.367. The van der Waals surface area contributed by atoms with Gasteiger partial charge in [-0.2, -0.15) is 0 Å². The van der Waals surface area contributed by atoms with Crippen LogP contribution in [-0.4, -0.2) is 42.7 Å². The molecule has 0 atom stereocenters. The summed E-state index contributed by atoms with van der Waals surface area (Å²) >= 11 is 0. The number of carboxylic acids is 1. The number of ether oxygens (including phenoxy) is 1. The average Bonchev–Trinajstić information content (AvgIpc) is 3.22. The molecule has 2 aromatic carbocycles. The Kier molecular flexibility index (Phi) is 7.12. The molecule has 1 fully saturated rings. The first-order chi connectivity index (χ1) is 18.3. The first-order valence-corrected chi connectivity index (χ1v) is 14.2. The summed E-state index contributed by atoms with van der Waals surface area (Å²) < 4.78 is 35.6. The van der Waals surface area contributed by atoms with Crippen molar-refractivity contribution in [2.75, 3.05) is 18.0 Å². The predicted molar refractivity (Wildman–Crippen MR) is 146 cm³/mol. The van der Waals surface area contributed by atoms with Gasteiger partial charge in [0.25, 0.3) is 10.0 Å². The van der Waals surface area contributed by atoms with E-state index in [1.807, 2.05) is 25.1 Å². The largest absolute Gasteiger partial charge is 0.494 e. The topological polar surface area (TPSA) is 102 Å². The fourth-order valence-electron chi connectivity index (χ4n) is 4.79. The van der Waals surface area contributed by atoms with Crippen LogP contribution in [0, 0.1) is 5.92 Å². The highest BCUT2D eigenvalue weighted by Crippen LogP contribution is 2.33. The van der Waals surface area contributed by atoms with Gasteiger partial charge in [-0.1, -0.05) is 18.6 Å². The van der Waals surface area contributed by atoms with Gasteiger partial charge in [0.2, 0.25) is 0 Å². The highest BCUT2D eigenvalue weighted by atomic mass is 32.2. The highest BCUT2D eigenvalue weighted by molar-refractivity contribution is 7.92. The molecule has 0 saturated heterocycles. The van der Waals surface area contributed by atoms with E-state index in [0.29, 0.717) is 18.2 Å². The number of aromatic carboxylic acids is 1. The number of benzene rings is 2. The molecule has 1 aliphatic rings. The van der Waals surface area contributed by atoms with Crippen molar-refractivity contribution in [1.82, 2.24) is 9.55 Å². The van der Waals surface area contributed by atoms with E-state index < -0.39 is 16.0 Å². The van der Waals surface area contributed by atoms with Gasteiger partial charge in [0, 0.05) is 31.1 Å². The number of aromatic nitrogens is 2. The molecule has 0 amide bonds. The van der Waals surface area contributed by atoms with Crippen molar-refractivity contribution >= 4 is 32.7 Å². The Hall–Kier alpha value is -3.85. The van der Waals surface area contributed by atoms with Crippen LogP contribution < -0.4 is 9.04 Å². The van der Waals surface area contributed by atoms with Crippen molar-refractivity contribution in [3.63, 3.8) is 0 Å². The quantitative estimate of drug-likeness (QED) is 0.295. The van der Waals surface area contributed by atoms with Crippen LogP contribution >= 0.6 is 0 Å². The molecule has 9 heteroatoms. The maximum Gasteiger partial charge on any atom is 0.335 e. The Labute approximate surface area is 222 Å². The lowest BCUT2D eigenvalue weighted by molar-refractivity contribution is 0.0696. The first-order valence-electron chi connectivity index (χ1n) is 12.8. The third kappa shape index (κ3) is 5.11. The van der Waals surface area contributed by atoms with Crippen molar-refractivity contribution in [2.24, 2.45) is 5.92 Å². The first kappa shape index (κ1) is 25.8. The van der Waals surface area contributed by atoms with Gasteiger partial charge in [-0.25, -0.2) is 18.2 Å². The standard InChI is InChI=1S/C29H31N3O5S/c1-3-37-26-11-7-20(8-12-26)15-24-16-23-17-25(18-30-28(23)32(24)19-21-5-4-6-21)31(2)38(35,36)27-13-9-22(10-14-27)29(33)34/h7-14,16-18,21H,3-6,15,19H2,1-2H3,(H,33,34). The van der Waals surface area contributed by atoms with Crippen LogP contribution in [0.3, 0.4) is 0 Å². The zero-order valence-corrected chi connectivity index (χ0v) is 22.3. The summed E-state index contributed by atoms with van der Waals surface area (Å²) in [6.45, 7) is 3.48. The number of nitrogens with zero attached hydrogens (tertiary/aromatic N) is 3. The van der Waals surface area contributed by atoms with Crippen molar-refractivity contribution in [3.8, 4) is 5.75 Å². The monoisotopic (exact) mass is 533 g/mol. The van der Waals surface area contributed by atoms with Crippen LogP contribution in [-0.2, 0) is 23.0 Å². The highest BCUT2D eigenvalue weighted by Gasteiger charge is 2.24.